The molecule has 84 valence electrons. The summed E-state index contributed by atoms with van der Waals surface area (Å²) in [6.45, 7) is 11.5. The van der Waals surface area contributed by atoms with Crippen molar-refractivity contribution in [2.45, 2.75) is 53.4 Å². The van der Waals surface area contributed by atoms with E-state index in [1.165, 1.54) is 24.2 Å². The van der Waals surface area contributed by atoms with Gasteiger partial charge >= 0.3 is 0 Å². The summed E-state index contributed by atoms with van der Waals surface area (Å²) >= 11 is 0. The third-order valence-electron chi connectivity index (χ3n) is 3.88. The zero-order chi connectivity index (χ0) is 11.2. The number of aryl methyl sites for hydroxylation is 1. The molecule has 1 atom stereocenters. The van der Waals surface area contributed by atoms with Crippen LogP contribution in [-0.4, -0.2) is 4.98 Å². The average molecular weight is 205 g/mol. The van der Waals surface area contributed by atoms with E-state index in [2.05, 4.69) is 39.6 Å². The number of aromatic amines is 1. The summed E-state index contributed by atoms with van der Waals surface area (Å²) in [5.74, 6) is 2.34. The van der Waals surface area contributed by atoms with Crippen LogP contribution < -0.4 is 0 Å². The third-order valence-corrected chi connectivity index (χ3v) is 3.88. The van der Waals surface area contributed by atoms with E-state index in [-0.39, 0.29) is 0 Å². The molecule has 15 heavy (non-hydrogen) atoms. The largest absolute Gasteiger partial charge is 0.362 e. The number of hydrogen-bond donors (Lipinski definition) is 1. The normalized spacial score (nSPS) is 20.3. The zero-order valence-corrected chi connectivity index (χ0v) is 10.6. The molecule has 0 aromatic carbocycles. The Balaban J connectivity index is 2.32. The van der Waals surface area contributed by atoms with Crippen molar-refractivity contribution >= 4 is 0 Å². The Bertz CT molecular complexity index is 358. The highest BCUT2D eigenvalue weighted by Gasteiger charge is 2.29. The Hall–Kier alpha value is -0.720. The van der Waals surface area contributed by atoms with E-state index in [0.717, 1.165) is 11.8 Å². The molecule has 0 aliphatic heterocycles. The molecule has 0 saturated heterocycles. The average Bonchev–Trinajstić information content (AvgIpc) is 2.58. The van der Waals surface area contributed by atoms with Gasteiger partial charge < -0.3 is 4.98 Å². The van der Waals surface area contributed by atoms with Crippen LogP contribution in [0.25, 0.3) is 0 Å². The Kier molecular flexibility index (Phi) is 2.66. The smallest absolute Gasteiger partial charge is 0.0187 e. The summed E-state index contributed by atoms with van der Waals surface area (Å²) in [7, 11) is 0. The lowest BCUT2D eigenvalue weighted by Crippen LogP contribution is -2.09. The van der Waals surface area contributed by atoms with E-state index in [0.29, 0.717) is 5.92 Å². The summed E-state index contributed by atoms with van der Waals surface area (Å²) in [5.41, 5.74) is 6.15. The SMILES string of the molecule is Cc1[nH]c2c(c1C(C)C)CC(C(C)C)C2. The predicted octanol–water partition coefficient (Wildman–Crippen LogP) is 3.82. The molecule has 1 heterocycles. The lowest BCUT2D eigenvalue weighted by molar-refractivity contribution is 0.400. The summed E-state index contributed by atoms with van der Waals surface area (Å²) in [6.07, 6.45) is 2.56. The van der Waals surface area contributed by atoms with Crippen molar-refractivity contribution in [1.82, 2.24) is 4.98 Å². The molecule has 1 N–H and O–H groups in total. The maximum absolute atomic E-state index is 3.59. The molecule has 0 spiro atoms. The molecule has 1 unspecified atom stereocenters. The summed E-state index contributed by atoms with van der Waals surface area (Å²) < 4.78 is 0. The van der Waals surface area contributed by atoms with Gasteiger partial charge in [0.05, 0.1) is 0 Å². The van der Waals surface area contributed by atoms with Crippen LogP contribution in [0.2, 0.25) is 0 Å². The van der Waals surface area contributed by atoms with Crippen molar-refractivity contribution < 1.29 is 0 Å². The molecule has 1 aliphatic rings. The van der Waals surface area contributed by atoms with Crippen LogP contribution in [-0.2, 0) is 12.8 Å². The molecule has 1 aromatic heterocycles. The molecular formula is C14H23N. The fourth-order valence-electron chi connectivity index (χ4n) is 3.01. The number of fused-ring (bicyclic) bond motifs is 1. The van der Waals surface area contributed by atoms with E-state index < -0.39 is 0 Å². The van der Waals surface area contributed by atoms with Gasteiger partial charge in [-0.2, -0.15) is 0 Å². The zero-order valence-electron chi connectivity index (χ0n) is 10.6. The van der Waals surface area contributed by atoms with Gasteiger partial charge in [0.1, 0.15) is 0 Å². The first-order valence-corrected chi connectivity index (χ1v) is 6.21. The second-order valence-electron chi connectivity index (χ2n) is 5.69. The summed E-state index contributed by atoms with van der Waals surface area (Å²) in [5, 5.41) is 0. The van der Waals surface area contributed by atoms with Gasteiger partial charge in [0.2, 0.25) is 0 Å². The molecule has 1 heteroatoms. The molecular weight excluding hydrogens is 182 g/mol. The van der Waals surface area contributed by atoms with Gasteiger partial charge in [-0.05, 0) is 48.6 Å². The van der Waals surface area contributed by atoms with Gasteiger partial charge in [-0.1, -0.05) is 27.7 Å². The molecule has 0 bridgehead atoms. The van der Waals surface area contributed by atoms with E-state index in [9.17, 15) is 0 Å². The molecule has 0 amide bonds. The van der Waals surface area contributed by atoms with Crippen LogP contribution in [0.5, 0.6) is 0 Å². The minimum Gasteiger partial charge on any atom is -0.362 e. The van der Waals surface area contributed by atoms with Gasteiger partial charge in [0.25, 0.3) is 0 Å². The van der Waals surface area contributed by atoms with Crippen molar-refractivity contribution in [1.29, 1.82) is 0 Å². The number of rotatable bonds is 2. The summed E-state index contributed by atoms with van der Waals surface area (Å²) in [4.78, 5) is 3.59. The van der Waals surface area contributed by atoms with E-state index >= 15 is 0 Å². The first-order valence-electron chi connectivity index (χ1n) is 6.21. The Morgan fingerprint density at radius 2 is 1.80 bits per heavy atom. The van der Waals surface area contributed by atoms with Crippen LogP contribution in [0.4, 0.5) is 0 Å². The van der Waals surface area contributed by atoms with Gasteiger partial charge in [0.15, 0.2) is 0 Å². The monoisotopic (exact) mass is 205 g/mol. The number of nitrogens with one attached hydrogen (secondary N) is 1. The van der Waals surface area contributed by atoms with Crippen molar-refractivity contribution in [2.75, 3.05) is 0 Å². The highest BCUT2D eigenvalue weighted by molar-refractivity contribution is 5.42. The number of aromatic nitrogens is 1. The maximum Gasteiger partial charge on any atom is 0.0187 e. The first-order chi connectivity index (χ1) is 7.00. The second kappa shape index (κ2) is 3.70. The molecule has 2 rings (SSSR count). The first kappa shape index (κ1) is 10.8. The predicted molar refractivity (Wildman–Crippen MR) is 65.4 cm³/mol. The highest BCUT2D eigenvalue weighted by Crippen LogP contribution is 2.37. The van der Waals surface area contributed by atoms with Crippen LogP contribution >= 0.6 is 0 Å². The summed E-state index contributed by atoms with van der Waals surface area (Å²) in [6, 6.07) is 0. The molecule has 0 fully saturated rings. The Labute approximate surface area is 93.3 Å². The molecule has 0 radical (unpaired) electrons. The second-order valence-corrected chi connectivity index (χ2v) is 5.69. The van der Waals surface area contributed by atoms with Crippen molar-refractivity contribution in [3.63, 3.8) is 0 Å². The van der Waals surface area contributed by atoms with Gasteiger partial charge in [0, 0.05) is 11.4 Å². The standard InChI is InChI=1S/C14H23N/c1-8(2)11-6-12-13(7-11)15-10(5)14(12)9(3)4/h8-9,11,15H,6-7H2,1-5H3. The van der Waals surface area contributed by atoms with Crippen molar-refractivity contribution in [3.8, 4) is 0 Å². The Morgan fingerprint density at radius 1 is 1.13 bits per heavy atom. The van der Waals surface area contributed by atoms with Gasteiger partial charge in [-0.15, -0.1) is 0 Å². The number of hydrogen-bond acceptors (Lipinski definition) is 0. The van der Waals surface area contributed by atoms with Gasteiger partial charge in [-0.3, -0.25) is 0 Å². The van der Waals surface area contributed by atoms with E-state index in [1.54, 1.807) is 11.1 Å². The molecule has 1 nitrogen and oxygen atoms in total. The highest BCUT2D eigenvalue weighted by atomic mass is 14.7. The van der Waals surface area contributed by atoms with Crippen molar-refractivity contribution in [2.24, 2.45) is 11.8 Å². The molecule has 1 aliphatic carbocycles. The van der Waals surface area contributed by atoms with E-state index in [4.69, 9.17) is 0 Å². The van der Waals surface area contributed by atoms with Crippen molar-refractivity contribution in [3.05, 3.63) is 22.5 Å². The fraction of sp³-hybridized carbons (Fsp3) is 0.714. The van der Waals surface area contributed by atoms with Crippen LogP contribution in [0.1, 0.15) is 56.1 Å². The van der Waals surface area contributed by atoms with Gasteiger partial charge in [-0.25, -0.2) is 0 Å². The van der Waals surface area contributed by atoms with E-state index in [1.807, 2.05) is 0 Å². The quantitative estimate of drug-likeness (QED) is 0.755. The Morgan fingerprint density at radius 3 is 2.33 bits per heavy atom. The van der Waals surface area contributed by atoms with Crippen LogP contribution in [0.15, 0.2) is 0 Å². The fourth-order valence-corrected chi connectivity index (χ4v) is 3.01. The lowest BCUT2D eigenvalue weighted by atomic mass is 9.91. The lowest BCUT2D eigenvalue weighted by Gasteiger charge is -2.15. The topological polar surface area (TPSA) is 15.8 Å². The minimum atomic E-state index is 0.663. The molecule has 0 saturated carbocycles. The maximum atomic E-state index is 3.59. The minimum absolute atomic E-state index is 0.663. The van der Waals surface area contributed by atoms with Crippen LogP contribution in [0.3, 0.4) is 0 Å². The number of H-pyrrole nitrogens is 1. The van der Waals surface area contributed by atoms with Crippen LogP contribution in [0, 0.1) is 18.8 Å². The molecule has 1 aromatic rings. The third kappa shape index (κ3) is 1.73.